The van der Waals surface area contributed by atoms with Crippen LogP contribution in [0.3, 0.4) is 0 Å². The van der Waals surface area contributed by atoms with Gasteiger partial charge in [0.2, 0.25) is 0 Å². The van der Waals surface area contributed by atoms with Crippen molar-refractivity contribution in [1.82, 2.24) is 4.90 Å². The Kier molecular flexibility index (Phi) is 4.38. The Morgan fingerprint density at radius 1 is 1.56 bits per heavy atom. The van der Waals surface area contributed by atoms with E-state index in [2.05, 4.69) is 28.7 Å². The molecule has 0 amide bonds. The summed E-state index contributed by atoms with van der Waals surface area (Å²) in [5, 5.41) is 14.2. The lowest BCUT2D eigenvalue weighted by Crippen LogP contribution is -2.33. The minimum Gasteiger partial charge on any atom is -0.392 e. The van der Waals surface area contributed by atoms with Gasteiger partial charge in [-0.15, -0.1) is 0 Å². The van der Waals surface area contributed by atoms with Crippen LogP contribution in [0.25, 0.3) is 0 Å². The van der Waals surface area contributed by atoms with Crippen molar-refractivity contribution >= 4 is 11.3 Å². The summed E-state index contributed by atoms with van der Waals surface area (Å²) in [7, 11) is 0. The maximum absolute atomic E-state index is 9.89. The standard InChI is InChI=1S/C13H21NOS/c1-2-3-13(15)9-14(12-4-5-12)8-11-6-7-16-10-11/h6-7,10,12-13,15H,2-5,8-9H2,1H3. The summed E-state index contributed by atoms with van der Waals surface area (Å²) in [5.41, 5.74) is 1.39. The topological polar surface area (TPSA) is 23.5 Å². The van der Waals surface area contributed by atoms with E-state index in [4.69, 9.17) is 0 Å². The average molecular weight is 239 g/mol. The van der Waals surface area contributed by atoms with Gasteiger partial charge in [0.25, 0.3) is 0 Å². The molecule has 0 bridgehead atoms. The fraction of sp³-hybridized carbons (Fsp3) is 0.692. The molecule has 2 nitrogen and oxygen atoms in total. The van der Waals surface area contributed by atoms with Crippen LogP contribution >= 0.6 is 11.3 Å². The molecule has 0 aromatic carbocycles. The minimum absolute atomic E-state index is 0.149. The number of nitrogens with zero attached hydrogens (tertiary/aromatic N) is 1. The van der Waals surface area contributed by atoms with Gasteiger partial charge in [-0.25, -0.2) is 0 Å². The lowest BCUT2D eigenvalue weighted by Gasteiger charge is -2.24. The van der Waals surface area contributed by atoms with E-state index < -0.39 is 0 Å². The summed E-state index contributed by atoms with van der Waals surface area (Å²) in [6.07, 6.45) is 4.46. The quantitative estimate of drug-likeness (QED) is 0.791. The lowest BCUT2D eigenvalue weighted by atomic mass is 10.2. The maximum Gasteiger partial charge on any atom is 0.0667 e. The molecule has 0 radical (unpaired) electrons. The zero-order valence-corrected chi connectivity index (χ0v) is 10.7. The number of thiophene rings is 1. The molecule has 1 aliphatic rings. The summed E-state index contributed by atoms with van der Waals surface area (Å²) in [6, 6.07) is 2.91. The van der Waals surface area contributed by atoms with E-state index in [1.54, 1.807) is 11.3 Å². The molecule has 1 atom stereocenters. The lowest BCUT2D eigenvalue weighted by molar-refractivity contribution is 0.0967. The molecule has 1 N–H and O–H groups in total. The summed E-state index contributed by atoms with van der Waals surface area (Å²) in [6.45, 7) is 3.98. The molecule has 0 aliphatic heterocycles. The van der Waals surface area contributed by atoms with Gasteiger partial charge in [0, 0.05) is 19.1 Å². The van der Waals surface area contributed by atoms with Crippen LogP contribution in [0.15, 0.2) is 16.8 Å². The minimum atomic E-state index is -0.149. The summed E-state index contributed by atoms with van der Waals surface area (Å²) in [5.74, 6) is 0. The van der Waals surface area contributed by atoms with Crippen LogP contribution in [0.1, 0.15) is 38.2 Å². The number of hydrogen-bond donors (Lipinski definition) is 1. The van der Waals surface area contributed by atoms with Gasteiger partial charge in [-0.1, -0.05) is 13.3 Å². The van der Waals surface area contributed by atoms with E-state index in [9.17, 15) is 5.11 Å². The molecule has 90 valence electrons. The molecule has 0 saturated heterocycles. The third kappa shape index (κ3) is 3.58. The molecular formula is C13H21NOS. The van der Waals surface area contributed by atoms with Crippen LogP contribution in [0.4, 0.5) is 0 Å². The number of aliphatic hydroxyl groups is 1. The third-order valence-electron chi connectivity index (χ3n) is 3.10. The highest BCUT2D eigenvalue weighted by Crippen LogP contribution is 2.29. The smallest absolute Gasteiger partial charge is 0.0667 e. The fourth-order valence-corrected chi connectivity index (χ4v) is 2.75. The van der Waals surface area contributed by atoms with Gasteiger partial charge < -0.3 is 5.11 Å². The first-order valence-corrected chi connectivity index (χ1v) is 7.17. The van der Waals surface area contributed by atoms with E-state index in [0.717, 1.165) is 32.0 Å². The van der Waals surface area contributed by atoms with Crippen LogP contribution in [0.5, 0.6) is 0 Å². The molecule has 0 spiro atoms. The van der Waals surface area contributed by atoms with Crippen molar-refractivity contribution in [2.45, 2.75) is 51.3 Å². The number of aliphatic hydroxyl groups excluding tert-OH is 1. The zero-order chi connectivity index (χ0) is 11.4. The van der Waals surface area contributed by atoms with Crippen molar-refractivity contribution in [1.29, 1.82) is 0 Å². The zero-order valence-electron chi connectivity index (χ0n) is 9.93. The Hall–Kier alpha value is -0.380. The molecule has 1 aliphatic carbocycles. The molecule has 1 aromatic rings. The second kappa shape index (κ2) is 5.80. The first-order valence-electron chi connectivity index (χ1n) is 6.22. The molecule has 16 heavy (non-hydrogen) atoms. The Morgan fingerprint density at radius 2 is 2.38 bits per heavy atom. The molecule has 1 fully saturated rings. The highest BCUT2D eigenvalue weighted by atomic mass is 32.1. The van der Waals surface area contributed by atoms with Crippen molar-refractivity contribution in [3.8, 4) is 0 Å². The maximum atomic E-state index is 9.89. The molecule has 2 rings (SSSR count). The van der Waals surface area contributed by atoms with Gasteiger partial charge in [0.05, 0.1) is 6.10 Å². The van der Waals surface area contributed by atoms with Gasteiger partial charge in [-0.05, 0) is 41.7 Å². The highest BCUT2D eigenvalue weighted by molar-refractivity contribution is 7.07. The predicted octanol–water partition coefficient (Wildman–Crippen LogP) is 2.87. The van der Waals surface area contributed by atoms with Crippen LogP contribution in [-0.2, 0) is 6.54 Å². The normalized spacial score (nSPS) is 17.9. The monoisotopic (exact) mass is 239 g/mol. The van der Waals surface area contributed by atoms with Gasteiger partial charge >= 0.3 is 0 Å². The summed E-state index contributed by atoms with van der Waals surface area (Å²) >= 11 is 1.75. The second-order valence-corrected chi connectivity index (χ2v) is 5.51. The summed E-state index contributed by atoms with van der Waals surface area (Å²) in [4.78, 5) is 2.45. The van der Waals surface area contributed by atoms with Crippen LogP contribution < -0.4 is 0 Å². The van der Waals surface area contributed by atoms with Gasteiger partial charge in [0.1, 0.15) is 0 Å². The van der Waals surface area contributed by atoms with E-state index in [0.29, 0.717) is 0 Å². The first-order chi connectivity index (χ1) is 7.79. The molecule has 1 unspecified atom stereocenters. The van der Waals surface area contributed by atoms with Crippen molar-refractivity contribution < 1.29 is 5.11 Å². The Labute approximate surface area is 102 Å². The van der Waals surface area contributed by atoms with Gasteiger partial charge in [0.15, 0.2) is 0 Å². The van der Waals surface area contributed by atoms with E-state index in [1.807, 2.05) is 0 Å². The van der Waals surface area contributed by atoms with E-state index in [1.165, 1.54) is 18.4 Å². The predicted molar refractivity (Wildman–Crippen MR) is 68.7 cm³/mol. The van der Waals surface area contributed by atoms with Crippen LogP contribution in [-0.4, -0.2) is 28.7 Å². The Bertz CT molecular complexity index is 295. The largest absolute Gasteiger partial charge is 0.392 e. The van der Waals surface area contributed by atoms with Crippen molar-refractivity contribution in [3.63, 3.8) is 0 Å². The van der Waals surface area contributed by atoms with E-state index in [-0.39, 0.29) is 6.10 Å². The third-order valence-corrected chi connectivity index (χ3v) is 3.83. The number of hydrogen-bond acceptors (Lipinski definition) is 3. The average Bonchev–Trinajstić information content (AvgIpc) is 2.98. The molecule has 3 heteroatoms. The van der Waals surface area contributed by atoms with E-state index >= 15 is 0 Å². The van der Waals surface area contributed by atoms with Gasteiger partial charge in [-0.3, -0.25) is 4.90 Å². The van der Waals surface area contributed by atoms with Crippen LogP contribution in [0, 0.1) is 0 Å². The van der Waals surface area contributed by atoms with Crippen molar-refractivity contribution in [2.24, 2.45) is 0 Å². The molecular weight excluding hydrogens is 218 g/mol. The van der Waals surface area contributed by atoms with Crippen molar-refractivity contribution in [2.75, 3.05) is 6.54 Å². The van der Waals surface area contributed by atoms with Gasteiger partial charge in [-0.2, -0.15) is 11.3 Å². The molecule has 1 saturated carbocycles. The van der Waals surface area contributed by atoms with Crippen LogP contribution in [0.2, 0.25) is 0 Å². The fourth-order valence-electron chi connectivity index (χ4n) is 2.09. The first kappa shape index (κ1) is 12.1. The Balaban J connectivity index is 1.85. The molecule has 1 aromatic heterocycles. The molecule has 1 heterocycles. The number of rotatable bonds is 7. The SMILES string of the molecule is CCCC(O)CN(Cc1ccsc1)C1CC1. The summed E-state index contributed by atoms with van der Waals surface area (Å²) < 4.78 is 0. The Morgan fingerprint density at radius 3 is 2.94 bits per heavy atom. The van der Waals surface area contributed by atoms with Crippen molar-refractivity contribution in [3.05, 3.63) is 22.4 Å². The second-order valence-electron chi connectivity index (χ2n) is 4.73. The highest BCUT2D eigenvalue weighted by Gasteiger charge is 2.29.